The Morgan fingerprint density at radius 3 is 2.43 bits per heavy atom. The SMILES string of the molecule is CC(C)(C[NH2+]C1CCCC1)OC(=O)c1ccc(N)cc1.[Cl-]. The minimum Gasteiger partial charge on any atom is -1.00 e. The molecular formula is C16H25ClN2O2. The molecule has 21 heavy (non-hydrogen) atoms. The quantitative estimate of drug-likeness (QED) is 0.525. The number of anilines is 1. The highest BCUT2D eigenvalue weighted by molar-refractivity contribution is 5.90. The summed E-state index contributed by atoms with van der Waals surface area (Å²) in [6.45, 7) is 4.74. The molecule has 1 aromatic rings. The summed E-state index contributed by atoms with van der Waals surface area (Å²) in [5, 5.41) is 2.32. The second-order valence-corrected chi connectivity index (χ2v) is 6.26. The van der Waals surface area contributed by atoms with Crippen LogP contribution in [-0.4, -0.2) is 24.2 Å². The van der Waals surface area contributed by atoms with Crippen molar-refractivity contribution in [3.63, 3.8) is 0 Å². The molecule has 4 nitrogen and oxygen atoms in total. The number of halogens is 1. The van der Waals surface area contributed by atoms with Crippen LogP contribution in [0.4, 0.5) is 5.69 Å². The molecule has 0 aliphatic heterocycles. The van der Waals surface area contributed by atoms with Crippen LogP contribution >= 0.6 is 0 Å². The largest absolute Gasteiger partial charge is 1.00 e. The number of hydrogen-bond donors (Lipinski definition) is 2. The average molecular weight is 313 g/mol. The van der Waals surface area contributed by atoms with Gasteiger partial charge in [-0.1, -0.05) is 0 Å². The normalized spacial score (nSPS) is 15.5. The van der Waals surface area contributed by atoms with Gasteiger partial charge in [-0.2, -0.15) is 0 Å². The van der Waals surface area contributed by atoms with Crippen molar-refractivity contribution < 1.29 is 27.3 Å². The van der Waals surface area contributed by atoms with Crippen LogP contribution < -0.4 is 23.5 Å². The van der Waals surface area contributed by atoms with Crippen molar-refractivity contribution in [2.75, 3.05) is 12.3 Å². The maximum Gasteiger partial charge on any atom is 0.338 e. The van der Waals surface area contributed by atoms with Gasteiger partial charge in [0.05, 0.1) is 11.6 Å². The van der Waals surface area contributed by atoms with E-state index < -0.39 is 5.60 Å². The number of nitrogens with two attached hydrogens (primary N) is 2. The first-order valence-electron chi connectivity index (χ1n) is 7.38. The standard InChI is InChI=1S/C16H24N2O2.ClH/c1-16(2,11-18-14-5-3-4-6-14)20-15(19)12-7-9-13(17)10-8-12;/h7-10,14,18H,3-6,11,17H2,1-2H3;1H. The Morgan fingerprint density at radius 1 is 1.29 bits per heavy atom. The molecule has 1 aromatic carbocycles. The van der Waals surface area contributed by atoms with Crippen molar-refractivity contribution >= 4 is 11.7 Å². The third-order valence-electron chi connectivity index (χ3n) is 3.86. The van der Waals surface area contributed by atoms with Gasteiger partial charge in [0.15, 0.2) is 5.60 Å². The number of carbonyl (C=O) groups is 1. The average Bonchev–Trinajstić information content (AvgIpc) is 2.90. The van der Waals surface area contributed by atoms with E-state index in [0.717, 1.165) is 6.54 Å². The minimum absolute atomic E-state index is 0. The van der Waals surface area contributed by atoms with E-state index in [0.29, 0.717) is 17.3 Å². The number of nitrogen functional groups attached to an aromatic ring is 1. The van der Waals surface area contributed by atoms with Gasteiger partial charge in [-0.3, -0.25) is 0 Å². The lowest BCUT2D eigenvalue weighted by molar-refractivity contribution is -0.697. The number of carbonyl (C=O) groups excluding carboxylic acids is 1. The second kappa shape index (κ2) is 7.66. The van der Waals surface area contributed by atoms with Crippen molar-refractivity contribution in [2.24, 2.45) is 0 Å². The molecule has 5 heteroatoms. The Hall–Kier alpha value is -1.26. The van der Waals surface area contributed by atoms with Crippen LogP contribution in [0.25, 0.3) is 0 Å². The summed E-state index contributed by atoms with van der Waals surface area (Å²) in [6.07, 6.45) is 5.21. The van der Waals surface area contributed by atoms with E-state index in [1.807, 2.05) is 13.8 Å². The molecule has 0 radical (unpaired) electrons. The molecule has 0 saturated heterocycles. The fourth-order valence-corrected chi connectivity index (χ4v) is 2.61. The van der Waals surface area contributed by atoms with Crippen LogP contribution in [0, 0.1) is 0 Å². The highest BCUT2D eigenvalue weighted by Crippen LogP contribution is 2.16. The zero-order valence-corrected chi connectivity index (χ0v) is 13.5. The zero-order chi connectivity index (χ0) is 14.6. The van der Waals surface area contributed by atoms with Gasteiger partial charge in [0.25, 0.3) is 0 Å². The fourth-order valence-electron chi connectivity index (χ4n) is 2.61. The van der Waals surface area contributed by atoms with Crippen LogP contribution in [0.1, 0.15) is 49.9 Å². The van der Waals surface area contributed by atoms with Crippen molar-refractivity contribution in [3.05, 3.63) is 29.8 Å². The second-order valence-electron chi connectivity index (χ2n) is 6.26. The number of esters is 1. The Balaban J connectivity index is 0.00000220. The third kappa shape index (κ3) is 5.56. The highest BCUT2D eigenvalue weighted by Gasteiger charge is 2.28. The van der Waals surface area contributed by atoms with Crippen LogP contribution in [0.15, 0.2) is 24.3 Å². The summed E-state index contributed by atoms with van der Waals surface area (Å²) in [6, 6.07) is 7.54. The molecule has 0 aromatic heterocycles. The Morgan fingerprint density at radius 2 is 1.86 bits per heavy atom. The molecule has 0 atom stereocenters. The van der Waals surface area contributed by atoms with E-state index in [1.165, 1.54) is 25.7 Å². The number of quaternary nitrogens is 1. The van der Waals surface area contributed by atoms with Crippen LogP contribution in [-0.2, 0) is 4.74 Å². The summed E-state index contributed by atoms with van der Waals surface area (Å²) in [7, 11) is 0. The number of hydrogen-bond acceptors (Lipinski definition) is 3. The molecule has 1 saturated carbocycles. The maximum atomic E-state index is 12.1. The summed E-state index contributed by atoms with van der Waals surface area (Å²) in [4.78, 5) is 12.1. The molecule has 0 bridgehead atoms. The first-order chi connectivity index (χ1) is 9.46. The van der Waals surface area contributed by atoms with Crippen molar-refractivity contribution in [1.82, 2.24) is 0 Å². The van der Waals surface area contributed by atoms with E-state index in [1.54, 1.807) is 24.3 Å². The lowest BCUT2D eigenvalue weighted by Crippen LogP contribution is -3.00. The van der Waals surface area contributed by atoms with Gasteiger partial charge in [-0.15, -0.1) is 0 Å². The molecule has 1 aliphatic carbocycles. The number of rotatable bonds is 5. The summed E-state index contributed by atoms with van der Waals surface area (Å²) < 4.78 is 5.61. The molecule has 0 heterocycles. The van der Waals surface area contributed by atoms with Crippen LogP contribution in [0.2, 0.25) is 0 Å². The van der Waals surface area contributed by atoms with Crippen LogP contribution in [0.3, 0.4) is 0 Å². The van der Waals surface area contributed by atoms with E-state index in [2.05, 4.69) is 5.32 Å². The number of ether oxygens (including phenoxy) is 1. The predicted octanol–water partition coefficient (Wildman–Crippen LogP) is -1.29. The van der Waals surface area contributed by atoms with Gasteiger partial charge in [0.2, 0.25) is 0 Å². The molecule has 1 aliphatic rings. The smallest absolute Gasteiger partial charge is 0.338 e. The van der Waals surface area contributed by atoms with Gasteiger partial charge >= 0.3 is 5.97 Å². The minimum atomic E-state index is -0.457. The van der Waals surface area contributed by atoms with Crippen molar-refractivity contribution in [3.8, 4) is 0 Å². The Bertz CT molecular complexity index is 454. The van der Waals surface area contributed by atoms with Crippen molar-refractivity contribution in [1.29, 1.82) is 0 Å². The topological polar surface area (TPSA) is 68.9 Å². The summed E-state index contributed by atoms with van der Waals surface area (Å²) in [5.74, 6) is -0.283. The summed E-state index contributed by atoms with van der Waals surface area (Å²) in [5.41, 5.74) is 6.35. The third-order valence-corrected chi connectivity index (χ3v) is 3.86. The molecule has 0 amide bonds. The van der Waals surface area contributed by atoms with Crippen molar-refractivity contribution in [2.45, 2.75) is 51.2 Å². The van der Waals surface area contributed by atoms with E-state index in [4.69, 9.17) is 10.5 Å². The zero-order valence-electron chi connectivity index (χ0n) is 12.8. The summed E-state index contributed by atoms with van der Waals surface area (Å²) >= 11 is 0. The molecule has 2 rings (SSSR count). The fraction of sp³-hybridized carbons (Fsp3) is 0.562. The lowest BCUT2D eigenvalue weighted by Gasteiger charge is -2.25. The van der Waals surface area contributed by atoms with Gasteiger partial charge in [0, 0.05) is 5.69 Å². The number of benzene rings is 1. The van der Waals surface area contributed by atoms with Gasteiger partial charge < -0.3 is 28.2 Å². The molecule has 0 spiro atoms. The van der Waals surface area contributed by atoms with E-state index in [-0.39, 0.29) is 18.4 Å². The van der Waals surface area contributed by atoms with Gasteiger partial charge in [-0.05, 0) is 63.8 Å². The Labute approximate surface area is 132 Å². The molecular weight excluding hydrogens is 288 g/mol. The molecule has 1 fully saturated rings. The van der Waals surface area contributed by atoms with E-state index in [9.17, 15) is 4.79 Å². The Kier molecular flexibility index (Phi) is 6.49. The molecule has 118 valence electrons. The monoisotopic (exact) mass is 312 g/mol. The first-order valence-corrected chi connectivity index (χ1v) is 7.38. The van der Waals surface area contributed by atoms with Crippen LogP contribution in [0.5, 0.6) is 0 Å². The highest BCUT2D eigenvalue weighted by atomic mass is 35.5. The maximum absolute atomic E-state index is 12.1. The predicted molar refractivity (Wildman–Crippen MR) is 79.4 cm³/mol. The lowest BCUT2D eigenvalue weighted by atomic mass is 10.1. The first kappa shape index (κ1) is 17.8. The molecule has 4 N–H and O–H groups in total. The van der Waals surface area contributed by atoms with Gasteiger partial charge in [0.1, 0.15) is 6.54 Å². The van der Waals surface area contributed by atoms with Gasteiger partial charge in [-0.25, -0.2) is 4.79 Å². The molecule has 0 unspecified atom stereocenters. The van der Waals surface area contributed by atoms with E-state index >= 15 is 0 Å².